The molecule has 0 amide bonds. The van der Waals surface area contributed by atoms with Crippen molar-refractivity contribution in [1.82, 2.24) is 4.98 Å². The van der Waals surface area contributed by atoms with Crippen LogP contribution in [0.3, 0.4) is 0 Å². The van der Waals surface area contributed by atoms with Crippen LogP contribution in [0.15, 0.2) is 51.1 Å². The molecule has 30 heavy (non-hydrogen) atoms. The van der Waals surface area contributed by atoms with Gasteiger partial charge in [-0.25, -0.2) is 4.98 Å². The Kier molecular flexibility index (Phi) is 25.4. The minimum atomic E-state index is 0.480. The second kappa shape index (κ2) is 23.3. The third kappa shape index (κ3) is 16.9. The Labute approximate surface area is 187 Å². The van der Waals surface area contributed by atoms with Crippen LogP contribution in [0.4, 0.5) is 0 Å². The van der Waals surface area contributed by atoms with E-state index in [4.69, 9.17) is 4.42 Å². The minimum Gasteiger partial charge on any atom is -0.451 e. The molecule has 4 nitrogen and oxygen atoms in total. The SMILES string of the molecule is CC.CC.CC.CC(C)C1=CN=CC1.CC(C)C1=NC=CC1.CC(C)c1cocn1. The molecular formula is C26H49N3O. The molecule has 2 aliphatic heterocycles. The van der Waals surface area contributed by atoms with E-state index in [1.807, 2.05) is 60.2 Å². The van der Waals surface area contributed by atoms with Crippen LogP contribution in [-0.2, 0) is 0 Å². The smallest absolute Gasteiger partial charge is 0.180 e. The predicted molar refractivity (Wildman–Crippen MR) is 137 cm³/mol. The zero-order chi connectivity index (χ0) is 23.9. The van der Waals surface area contributed by atoms with E-state index in [9.17, 15) is 0 Å². The molecule has 2 aliphatic rings. The highest BCUT2D eigenvalue weighted by atomic mass is 16.3. The zero-order valence-electron chi connectivity index (χ0n) is 21.9. The summed E-state index contributed by atoms with van der Waals surface area (Å²) >= 11 is 0. The number of oxazole rings is 1. The van der Waals surface area contributed by atoms with Crippen molar-refractivity contribution < 1.29 is 4.42 Å². The lowest BCUT2D eigenvalue weighted by Crippen LogP contribution is -2.02. The van der Waals surface area contributed by atoms with E-state index in [1.54, 1.807) is 6.26 Å². The van der Waals surface area contributed by atoms with Crippen molar-refractivity contribution in [2.45, 2.75) is 102 Å². The first-order valence-electron chi connectivity index (χ1n) is 11.7. The summed E-state index contributed by atoms with van der Waals surface area (Å²) in [5.41, 5.74) is 3.78. The average molecular weight is 420 g/mol. The lowest BCUT2D eigenvalue weighted by molar-refractivity contribution is 0.555. The number of hydrogen-bond acceptors (Lipinski definition) is 4. The van der Waals surface area contributed by atoms with Gasteiger partial charge in [0.2, 0.25) is 0 Å². The van der Waals surface area contributed by atoms with Gasteiger partial charge >= 0.3 is 0 Å². The number of aliphatic imine (C=N–C) groups is 2. The molecule has 1 aromatic heterocycles. The quantitative estimate of drug-likeness (QED) is 0.491. The molecule has 0 radical (unpaired) electrons. The topological polar surface area (TPSA) is 50.8 Å². The normalized spacial score (nSPS) is 12.8. The van der Waals surface area contributed by atoms with Crippen molar-refractivity contribution in [2.75, 3.05) is 0 Å². The van der Waals surface area contributed by atoms with Gasteiger partial charge in [0.15, 0.2) is 6.39 Å². The van der Waals surface area contributed by atoms with Crippen LogP contribution in [0.1, 0.15) is 108 Å². The highest BCUT2D eigenvalue weighted by Crippen LogP contribution is 2.15. The molecule has 0 atom stereocenters. The Morgan fingerprint density at radius 2 is 1.40 bits per heavy atom. The Balaban J connectivity index is -0.000000323. The molecule has 0 N–H and O–H groups in total. The summed E-state index contributed by atoms with van der Waals surface area (Å²) in [5.74, 6) is 1.79. The van der Waals surface area contributed by atoms with Gasteiger partial charge in [0, 0.05) is 37.2 Å². The van der Waals surface area contributed by atoms with Gasteiger partial charge in [-0.2, -0.15) is 0 Å². The molecule has 4 heteroatoms. The molecule has 0 saturated carbocycles. The number of hydrogen-bond donors (Lipinski definition) is 0. The standard InChI is InChI=1S/2C7H11N.C6H9NO.3C2H6/c1-6(2)7-3-4-8-5-7;1-6(2)7-4-3-5-8-7;1-5(2)6-3-8-4-7-6;3*1-2/h4-6H,3H2,1-2H3;3,5-6H,4H2,1-2H3;3-5H,1-2H3;3*1-2H3. The average Bonchev–Trinajstić information content (AvgIpc) is 3.56. The maximum Gasteiger partial charge on any atom is 0.180 e. The molecule has 0 aromatic carbocycles. The summed E-state index contributed by atoms with van der Waals surface area (Å²) < 4.78 is 4.76. The highest BCUT2D eigenvalue weighted by Gasteiger charge is 2.04. The predicted octanol–water partition coefficient (Wildman–Crippen LogP) is 8.88. The third-order valence-electron chi connectivity index (χ3n) is 3.80. The van der Waals surface area contributed by atoms with Crippen molar-refractivity contribution in [2.24, 2.45) is 21.8 Å². The largest absolute Gasteiger partial charge is 0.451 e. The van der Waals surface area contributed by atoms with Crippen LogP contribution in [0.2, 0.25) is 0 Å². The Morgan fingerprint density at radius 3 is 1.60 bits per heavy atom. The van der Waals surface area contributed by atoms with Gasteiger partial charge < -0.3 is 4.42 Å². The minimum absolute atomic E-state index is 0.480. The highest BCUT2D eigenvalue weighted by molar-refractivity contribution is 5.89. The second-order valence-corrected chi connectivity index (χ2v) is 6.83. The van der Waals surface area contributed by atoms with Crippen LogP contribution in [0.5, 0.6) is 0 Å². The van der Waals surface area contributed by atoms with Gasteiger partial charge in [-0.3, -0.25) is 9.98 Å². The molecular weight excluding hydrogens is 370 g/mol. The van der Waals surface area contributed by atoms with Crippen LogP contribution >= 0.6 is 0 Å². The Morgan fingerprint density at radius 1 is 0.800 bits per heavy atom. The zero-order valence-corrected chi connectivity index (χ0v) is 21.9. The van der Waals surface area contributed by atoms with E-state index in [0.29, 0.717) is 17.8 Å². The lowest BCUT2D eigenvalue weighted by atomic mass is 10.0. The summed E-state index contributed by atoms with van der Waals surface area (Å²) in [6.45, 7) is 24.9. The van der Waals surface area contributed by atoms with E-state index in [1.165, 1.54) is 17.7 Å². The van der Waals surface area contributed by atoms with E-state index in [2.05, 4.69) is 62.6 Å². The molecule has 174 valence electrons. The molecule has 0 unspecified atom stereocenters. The van der Waals surface area contributed by atoms with Gasteiger partial charge in [-0.05, 0) is 23.3 Å². The summed E-state index contributed by atoms with van der Waals surface area (Å²) in [7, 11) is 0. The van der Waals surface area contributed by atoms with Crippen molar-refractivity contribution >= 4 is 11.9 Å². The summed E-state index contributed by atoms with van der Waals surface area (Å²) in [4.78, 5) is 12.1. The van der Waals surface area contributed by atoms with Crippen LogP contribution in [-0.4, -0.2) is 16.9 Å². The molecule has 3 rings (SSSR count). The maximum absolute atomic E-state index is 4.76. The van der Waals surface area contributed by atoms with Crippen molar-refractivity contribution in [3.05, 3.63) is 42.4 Å². The second-order valence-electron chi connectivity index (χ2n) is 6.83. The van der Waals surface area contributed by atoms with Crippen molar-refractivity contribution in [3.63, 3.8) is 0 Å². The van der Waals surface area contributed by atoms with Gasteiger partial charge in [0.05, 0.1) is 5.69 Å². The van der Waals surface area contributed by atoms with Gasteiger partial charge in [0.25, 0.3) is 0 Å². The fraction of sp³-hybridized carbons (Fsp3) is 0.654. The molecule has 0 aliphatic carbocycles. The number of aromatic nitrogens is 1. The van der Waals surface area contributed by atoms with Crippen molar-refractivity contribution in [1.29, 1.82) is 0 Å². The Hall–Kier alpha value is -1.97. The fourth-order valence-corrected chi connectivity index (χ4v) is 2.01. The molecule has 0 spiro atoms. The van der Waals surface area contributed by atoms with E-state index in [0.717, 1.165) is 18.5 Å². The van der Waals surface area contributed by atoms with Crippen LogP contribution in [0, 0.1) is 11.8 Å². The molecule has 3 heterocycles. The number of rotatable bonds is 3. The molecule has 0 saturated heterocycles. The number of allylic oxidation sites excluding steroid dienone is 2. The first-order valence-corrected chi connectivity index (χ1v) is 11.7. The first kappa shape index (κ1) is 32.7. The van der Waals surface area contributed by atoms with Gasteiger partial charge in [0.1, 0.15) is 6.26 Å². The Bertz CT molecular complexity index is 543. The van der Waals surface area contributed by atoms with E-state index < -0.39 is 0 Å². The van der Waals surface area contributed by atoms with Gasteiger partial charge in [-0.15, -0.1) is 0 Å². The lowest BCUT2D eigenvalue weighted by Gasteiger charge is -2.01. The third-order valence-corrected chi connectivity index (χ3v) is 3.80. The monoisotopic (exact) mass is 419 g/mol. The molecule has 0 bridgehead atoms. The van der Waals surface area contributed by atoms with E-state index in [-0.39, 0.29) is 0 Å². The molecule has 0 fully saturated rings. The van der Waals surface area contributed by atoms with Crippen LogP contribution < -0.4 is 0 Å². The first-order chi connectivity index (χ1) is 14.4. The van der Waals surface area contributed by atoms with Crippen molar-refractivity contribution in [3.8, 4) is 0 Å². The van der Waals surface area contributed by atoms with E-state index >= 15 is 0 Å². The summed E-state index contributed by atoms with van der Waals surface area (Å²) in [6.07, 6.45) is 13.2. The maximum atomic E-state index is 4.76. The van der Waals surface area contributed by atoms with Gasteiger partial charge in [-0.1, -0.05) is 89.2 Å². The fourth-order valence-electron chi connectivity index (χ4n) is 2.01. The van der Waals surface area contributed by atoms with Crippen LogP contribution in [0.25, 0.3) is 0 Å². The summed E-state index contributed by atoms with van der Waals surface area (Å²) in [5, 5.41) is 0. The summed E-state index contributed by atoms with van der Waals surface area (Å²) in [6, 6.07) is 0. The number of nitrogens with zero attached hydrogens (tertiary/aromatic N) is 3. The molecule has 1 aromatic rings.